The zero-order valence-corrected chi connectivity index (χ0v) is 7.36. The molecule has 0 spiro atoms. The lowest BCUT2D eigenvalue weighted by Crippen LogP contribution is -2.24. The van der Waals surface area contributed by atoms with Crippen LogP contribution in [0.2, 0.25) is 0 Å². The van der Waals surface area contributed by atoms with Crippen molar-refractivity contribution in [3.05, 3.63) is 29.6 Å². The molecule has 1 aromatic heterocycles. The van der Waals surface area contributed by atoms with Crippen molar-refractivity contribution in [3.63, 3.8) is 0 Å². The van der Waals surface area contributed by atoms with Gasteiger partial charge in [0.15, 0.2) is 0 Å². The summed E-state index contributed by atoms with van der Waals surface area (Å²) in [7, 11) is 0. The molecule has 66 valence electrons. The van der Waals surface area contributed by atoms with Gasteiger partial charge < -0.3 is 10.8 Å². The van der Waals surface area contributed by atoms with Crippen LogP contribution in [0.4, 0.5) is 0 Å². The van der Waals surface area contributed by atoms with Gasteiger partial charge in [-0.1, -0.05) is 6.07 Å². The summed E-state index contributed by atoms with van der Waals surface area (Å²) in [6, 6.07) is 3.38. The Bertz CT molecular complexity index is 260. The third-order valence-corrected chi connectivity index (χ3v) is 1.93. The van der Waals surface area contributed by atoms with Crippen LogP contribution in [-0.4, -0.2) is 16.2 Å². The van der Waals surface area contributed by atoms with E-state index in [1.54, 1.807) is 13.1 Å². The molecule has 0 saturated carbocycles. The van der Waals surface area contributed by atoms with Crippen LogP contribution < -0.4 is 5.73 Å². The third-order valence-electron chi connectivity index (χ3n) is 1.93. The fraction of sp³-hybridized carbons (Fsp3) is 0.444. The van der Waals surface area contributed by atoms with Crippen LogP contribution in [-0.2, 0) is 0 Å². The van der Waals surface area contributed by atoms with E-state index < -0.39 is 6.10 Å². The van der Waals surface area contributed by atoms with Crippen molar-refractivity contribution in [2.75, 3.05) is 0 Å². The molecule has 0 aromatic carbocycles. The molecule has 3 N–H and O–H groups in total. The van der Waals surface area contributed by atoms with E-state index in [0.717, 1.165) is 11.3 Å². The second-order valence-corrected chi connectivity index (χ2v) is 2.94. The lowest BCUT2D eigenvalue weighted by Gasteiger charge is -2.16. The summed E-state index contributed by atoms with van der Waals surface area (Å²) in [4.78, 5) is 4.09. The van der Waals surface area contributed by atoms with Crippen LogP contribution in [0.5, 0.6) is 0 Å². The van der Waals surface area contributed by atoms with Crippen molar-refractivity contribution in [2.24, 2.45) is 5.73 Å². The normalized spacial score (nSPS) is 15.7. The Hall–Kier alpha value is -0.930. The van der Waals surface area contributed by atoms with Crippen molar-refractivity contribution in [1.82, 2.24) is 4.98 Å². The average molecular weight is 166 g/mol. The predicted octanol–water partition coefficient (Wildman–Crippen LogP) is 0.771. The number of pyridine rings is 1. The Kier molecular flexibility index (Phi) is 2.78. The number of hydrogen-bond donors (Lipinski definition) is 2. The highest BCUT2D eigenvalue weighted by molar-refractivity contribution is 5.22. The van der Waals surface area contributed by atoms with Gasteiger partial charge in [0.25, 0.3) is 0 Å². The molecule has 0 radical (unpaired) electrons. The zero-order chi connectivity index (χ0) is 9.14. The minimum atomic E-state index is -0.534. The smallest absolute Gasteiger partial charge is 0.0705 e. The molecule has 1 heterocycles. The topological polar surface area (TPSA) is 59.1 Å². The molecule has 0 fully saturated rings. The van der Waals surface area contributed by atoms with E-state index in [4.69, 9.17) is 5.73 Å². The quantitative estimate of drug-likeness (QED) is 0.682. The van der Waals surface area contributed by atoms with Crippen LogP contribution in [0.1, 0.15) is 24.2 Å². The number of nitrogens with two attached hydrogens (primary N) is 1. The van der Waals surface area contributed by atoms with Gasteiger partial charge in [-0.25, -0.2) is 0 Å². The Morgan fingerprint density at radius 1 is 1.58 bits per heavy atom. The third kappa shape index (κ3) is 1.81. The summed E-state index contributed by atoms with van der Waals surface area (Å²) >= 11 is 0. The van der Waals surface area contributed by atoms with Crippen LogP contribution in [0, 0.1) is 6.92 Å². The molecule has 0 saturated heterocycles. The molecule has 0 aliphatic heterocycles. The molecule has 0 aliphatic rings. The highest BCUT2D eigenvalue weighted by Gasteiger charge is 2.13. The van der Waals surface area contributed by atoms with E-state index in [0.29, 0.717) is 0 Å². The van der Waals surface area contributed by atoms with Gasteiger partial charge in [0.2, 0.25) is 0 Å². The average Bonchev–Trinajstić information content (AvgIpc) is 2.04. The maximum Gasteiger partial charge on any atom is 0.0705 e. The summed E-state index contributed by atoms with van der Waals surface area (Å²) in [5.41, 5.74) is 7.54. The van der Waals surface area contributed by atoms with Crippen LogP contribution in [0.3, 0.4) is 0 Å². The highest BCUT2D eigenvalue weighted by Crippen LogP contribution is 2.15. The minimum Gasteiger partial charge on any atom is -0.391 e. The minimum absolute atomic E-state index is 0.335. The monoisotopic (exact) mass is 166 g/mol. The predicted molar refractivity (Wildman–Crippen MR) is 47.6 cm³/mol. The molecule has 1 aromatic rings. The number of aromatic nitrogens is 1. The lowest BCUT2D eigenvalue weighted by atomic mass is 10.0. The zero-order valence-electron chi connectivity index (χ0n) is 7.36. The first-order valence-electron chi connectivity index (χ1n) is 3.98. The van der Waals surface area contributed by atoms with Gasteiger partial charge in [-0.3, -0.25) is 4.98 Å². The Balaban J connectivity index is 2.94. The Labute approximate surface area is 72.2 Å². The fourth-order valence-electron chi connectivity index (χ4n) is 1.11. The van der Waals surface area contributed by atoms with E-state index in [9.17, 15) is 5.11 Å². The van der Waals surface area contributed by atoms with Gasteiger partial charge in [-0.2, -0.15) is 0 Å². The highest BCUT2D eigenvalue weighted by atomic mass is 16.3. The van der Waals surface area contributed by atoms with Gasteiger partial charge in [0, 0.05) is 11.9 Å². The van der Waals surface area contributed by atoms with E-state index in [-0.39, 0.29) is 6.04 Å². The second kappa shape index (κ2) is 3.65. The maximum absolute atomic E-state index is 9.25. The molecule has 1 rings (SSSR count). The summed E-state index contributed by atoms with van der Waals surface area (Å²) in [5, 5.41) is 9.25. The molecule has 3 nitrogen and oxygen atoms in total. The molecular weight excluding hydrogens is 152 g/mol. The molecule has 12 heavy (non-hydrogen) atoms. The molecule has 0 aliphatic carbocycles. The van der Waals surface area contributed by atoms with Crippen LogP contribution in [0.15, 0.2) is 18.3 Å². The Morgan fingerprint density at radius 2 is 2.25 bits per heavy atom. The van der Waals surface area contributed by atoms with Gasteiger partial charge in [-0.15, -0.1) is 0 Å². The summed E-state index contributed by atoms with van der Waals surface area (Å²) in [6.07, 6.45) is 1.18. The fourth-order valence-corrected chi connectivity index (χ4v) is 1.11. The molecule has 3 heteroatoms. The summed E-state index contributed by atoms with van der Waals surface area (Å²) in [6.45, 7) is 3.56. The van der Waals surface area contributed by atoms with Gasteiger partial charge in [0.1, 0.15) is 0 Å². The van der Waals surface area contributed by atoms with Crippen molar-refractivity contribution >= 4 is 0 Å². The van der Waals surface area contributed by atoms with E-state index in [2.05, 4.69) is 4.98 Å². The SMILES string of the molecule is Cc1ncccc1[C@H](N)[C@@H](C)O. The van der Waals surface area contributed by atoms with Gasteiger partial charge in [-0.05, 0) is 25.5 Å². The number of aliphatic hydroxyl groups excluding tert-OH is 1. The van der Waals surface area contributed by atoms with E-state index in [1.165, 1.54) is 0 Å². The first kappa shape index (κ1) is 9.16. The standard InChI is InChI=1S/C9H14N2O/c1-6-8(4-3-5-11-6)9(10)7(2)12/h3-5,7,9,12H,10H2,1-2H3/t7-,9-/m1/s1. The maximum atomic E-state index is 9.25. The first-order valence-corrected chi connectivity index (χ1v) is 3.98. The second-order valence-electron chi connectivity index (χ2n) is 2.94. The summed E-state index contributed by atoms with van der Waals surface area (Å²) in [5.74, 6) is 0. The number of aryl methyl sites for hydroxylation is 1. The van der Waals surface area contributed by atoms with E-state index in [1.807, 2.05) is 19.1 Å². The molecular formula is C9H14N2O. The lowest BCUT2D eigenvalue weighted by molar-refractivity contribution is 0.164. The van der Waals surface area contributed by atoms with Gasteiger partial charge in [0.05, 0.1) is 12.1 Å². The molecule has 0 bridgehead atoms. The molecule has 0 unspecified atom stereocenters. The van der Waals surface area contributed by atoms with Crippen molar-refractivity contribution in [3.8, 4) is 0 Å². The number of rotatable bonds is 2. The molecule has 2 atom stereocenters. The van der Waals surface area contributed by atoms with Crippen LogP contribution >= 0.6 is 0 Å². The molecule has 0 amide bonds. The van der Waals surface area contributed by atoms with Crippen molar-refractivity contribution in [1.29, 1.82) is 0 Å². The van der Waals surface area contributed by atoms with Gasteiger partial charge >= 0.3 is 0 Å². The van der Waals surface area contributed by atoms with E-state index >= 15 is 0 Å². The largest absolute Gasteiger partial charge is 0.391 e. The first-order chi connectivity index (χ1) is 5.63. The van der Waals surface area contributed by atoms with Crippen molar-refractivity contribution in [2.45, 2.75) is 26.0 Å². The number of nitrogens with zero attached hydrogens (tertiary/aromatic N) is 1. The summed E-state index contributed by atoms with van der Waals surface area (Å²) < 4.78 is 0. The van der Waals surface area contributed by atoms with Crippen molar-refractivity contribution < 1.29 is 5.11 Å². The number of aliphatic hydroxyl groups is 1. The Morgan fingerprint density at radius 3 is 2.75 bits per heavy atom. The van der Waals surface area contributed by atoms with Crippen LogP contribution in [0.25, 0.3) is 0 Å². The number of hydrogen-bond acceptors (Lipinski definition) is 3.